The molecule has 0 spiro atoms. The molecule has 0 aromatic heterocycles. The minimum absolute atomic E-state index is 0.500. The maximum Gasteiger partial charge on any atom is -0.0354 e. The molecule has 4 rings (SSSR count). The van der Waals surface area contributed by atoms with Crippen LogP contribution in [-0.4, -0.2) is 0 Å². The van der Waals surface area contributed by atoms with Gasteiger partial charge in [0.1, 0.15) is 0 Å². The molecular formula is C39H84. The van der Waals surface area contributed by atoms with Gasteiger partial charge in [-0.2, -0.15) is 0 Å². The lowest BCUT2D eigenvalue weighted by Gasteiger charge is -2.18. The van der Waals surface area contributed by atoms with E-state index in [2.05, 4.69) is 111 Å². The average Bonchev–Trinajstić information content (AvgIpc) is 3.27. The van der Waals surface area contributed by atoms with Gasteiger partial charge in [-0.1, -0.05) is 201 Å². The van der Waals surface area contributed by atoms with Gasteiger partial charge in [-0.05, 0) is 52.8 Å². The minimum atomic E-state index is 0.500. The number of hydrogen-bond acceptors (Lipinski definition) is 0. The molecule has 0 heterocycles. The maximum atomic E-state index is 2.36. The Hall–Kier alpha value is 0. The molecule has 0 aromatic rings. The Morgan fingerprint density at radius 1 is 0.564 bits per heavy atom. The van der Waals surface area contributed by atoms with Crippen LogP contribution in [-0.2, 0) is 0 Å². The van der Waals surface area contributed by atoms with Crippen LogP contribution >= 0.6 is 0 Å². The van der Waals surface area contributed by atoms with Crippen molar-refractivity contribution in [2.75, 3.05) is 0 Å². The highest BCUT2D eigenvalue weighted by Gasteiger charge is 2.30. The lowest BCUT2D eigenvalue weighted by molar-refractivity contribution is 0.346. The lowest BCUT2D eigenvalue weighted by atomic mass is 9.88. The maximum absolute atomic E-state index is 2.36. The standard InChI is InChI=1S/C7H14.C6H12.C6H14.2C5H10.2C5H12/c1-7-5-3-2-4-6-7;1-6-4-2-3-5-6;1-5-6(2,3)4;1-5(2)3-4-5;1-5-3-2-4-5;1-5(2,3)4;1-4-5(2)3/h7H,2-6H2,1H3;6H,2-5H2,1H3;5H2,1-4H3;3-4H2,1-2H3;5H,2-4H2,1H3;1-4H3;5H,4H2,1-3H3. The third-order valence-corrected chi connectivity index (χ3v) is 8.06. The van der Waals surface area contributed by atoms with E-state index in [9.17, 15) is 0 Å². The zero-order valence-electron chi connectivity index (χ0n) is 31.1. The van der Waals surface area contributed by atoms with Crippen molar-refractivity contribution in [2.45, 2.75) is 214 Å². The summed E-state index contributed by atoms with van der Waals surface area (Å²) >= 11 is 0. The van der Waals surface area contributed by atoms with Crippen LogP contribution in [0.1, 0.15) is 214 Å². The summed E-state index contributed by atoms with van der Waals surface area (Å²) in [5.74, 6) is 4.03. The molecule has 0 amide bonds. The quantitative estimate of drug-likeness (QED) is 0.303. The van der Waals surface area contributed by atoms with Crippen LogP contribution in [0.3, 0.4) is 0 Å². The van der Waals surface area contributed by atoms with Gasteiger partial charge in [0.15, 0.2) is 0 Å². The van der Waals surface area contributed by atoms with E-state index in [1.165, 1.54) is 103 Å². The third kappa shape index (κ3) is 51.2. The highest BCUT2D eigenvalue weighted by atomic mass is 14.4. The van der Waals surface area contributed by atoms with E-state index in [0.29, 0.717) is 10.8 Å². The normalized spacial score (nSPS) is 20.2. The Balaban J connectivity index is -0.000000389. The molecule has 240 valence electrons. The zero-order chi connectivity index (χ0) is 31.1. The molecular weight excluding hydrogens is 468 g/mol. The molecule has 4 aliphatic carbocycles. The molecule has 0 aromatic carbocycles. The highest BCUT2D eigenvalue weighted by Crippen LogP contribution is 2.43. The Bertz CT molecular complexity index is 447. The summed E-state index contributed by atoms with van der Waals surface area (Å²) in [5.41, 5.74) is 1.79. The Kier molecular flexibility index (Phi) is 27.4. The Labute approximate surface area is 253 Å². The second-order valence-corrected chi connectivity index (χ2v) is 17.5. The molecule has 0 N–H and O–H groups in total. The van der Waals surface area contributed by atoms with Crippen LogP contribution in [0, 0.1) is 39.9 Å². The van der Waals surface area contributed by atoms with E-state index in [0.717, 1.165) is 29.1 Å². The third-order valence-electron chi connectivity index (χ3n) is 8.06. The van der Waals surface area contributed by atoms with E-state index in [1.807, 2.05) is 0 Å². The van der Waals surface area contributed by atoms with Crippen molar-refractivity contribution in [3.8, 4) is 0 Å². The molecule has 0 radical (unpaired) electrons. The predicted octanol–water partition coefficient (Wildman–Crippen LogP) is 14.9. The summed E-state index contributed by atoms with van der Waals surface area (Å²) in [4.78, 5) is 0. The van der Waals surface area contributed by atoms with Gasteiger partial charge in [-0.3, -0.25) is 0 Å². The van der Waals surface area contributed by atoms with Crippen LogP contribution in [0.15, 0.2) is 0 Å². The van der Waals surface area contributed by atoms with Crippen LogP contribution in [0.5, 0.6) is 0 Å². The van der Waals surface area contributed by atoms with Crippen molar-refractivity contribution in [2.24, 2.45) is 39.9 Å². The summed E-state index contributed by atoms with van der Waals surface area (Å²) in [6.07, 6.45) is 23.3. The summed E-state index contributed by atoms with van der Waals surface area (Å²) in [5, 5.41) is 0. The van der Waals surface area contributed by atoms with Crippen LogP contribution < -0.4 is 0 Å². The summed E-state index contributed by atoms with van der Waals surface area (Å²) in [6, 6.07) is 0. The van der Waals surface area contributed by atoms with Crippen molar-refractivity contribution >= 4 is 0 Å². The fraction of sp³-hybridized carbons (Fsp3) is 1.00. The van der Waals surface area contributed by atoms with Gasteiger partial charge in [-0.25, -0.2) is 0 Å². The number of hydrogen-bond donors (Lipinski definition) is 0. The summed E-state index contributed by atoms with van der Waals surface area (Å²) < 4.78 is 0. The predicted molar refractivity (Wildman–Crippen MR) is 186 cm³/mol. The van der Waals surface area contributed by atoms with Crippen LogP contribution in [0.25, 0.3) is 0 Å². The fourth-order valence-electron chi connectivity index (χ4n) is 3.30. The second-order valence-electron chi connectivity index (χ2n) is 17.5. The van der Waals surface area contributed by atoms with E-state index in [1.54, 1.807) is 0 Å². The van der Waals surface area contributed by atoms with E-state index in [4.69, 9.17) is 0 Å². The van der Waals surface area contributed by atoms with Crippen LogP contribution in [0.4, 0.5) is 0 Å². The molecule has 0 heteroatoms. The monoisotopic (exact) mass is 553 g/mol. The van der Waals surface area contributed by atoms with Crippen molar-refractivity contribution in [3.63, 3.8) is 0 Å². The summed E-state index contributed by atoms with van der Waals surface area (Å²) in [7, 11) is 0. The largest absolute Gasteiger partial charge is 0.0651 e. The molecule has 0 atom stereocenters. The minimum Gasteiger partial charge on any atom is -0.0651 e. The topological polar surface area (TPSA) is 0 Å². The molecule has 4 aliphatic rings. The van der Waals surface area contributed by atoms with Gasteiger partial charge in [0.2, 0.25) is 0 Å². The van der Waals surface area contributed by atoms with Gasteiger partial charge >= 0.3 is 0 Å². The van der Waals surface area contributed by atoms with Gasteiger partial charge < -0.3 is 0 Å². The summed E-state index contributed by atoms with van der Waals surface area (Å²) in [6.45, 7) is 35.9. The molecule has 0 unspecified atom stereocenters. The SMILES string of the molecule is CC(C)(C)C.CC1(C)CC1.CC1CCC1.CC1CCCC1.CC1CCCCC1.CCC(C)(C)C.CCC(C)C. The first kappa shape index (κ1) is 43.5. The first-order valence-corrected chi connectivity index (χ1v) is 17.7. The second kappa shape index (κ2) is 24.6. The fourth-order valence-corrected chi connectivity index (χ4v) is 3.30. The molecule has 39 heavy (non-hydrogen) atoms. The zero-order valence-corrected chi connectivity index (χ0v) is 31.1. The van der Waals surface area contributed by atoms with Gasteiger partial charge in [0.05, 0.1) is 0 Å². The first-order valence-electron chi connectivity index (χ1n) is 17.7. The number of rotatable bonds is 1. The van der Waals surface area contributed by atoms with Gasteiger partial charge in [-0.15, -0.1) is 0 Å². The van der Waals surface area contributed by atoms with Crippen molar-refractivity contribution in [3.05, 3.63) is 0 Å². The highest BCUT2D eigenvalue weighted by molar-refractivity contribution is 4.82. The van der Waals surface area contributed by atoms with E-state index in [-0.39, 0.29) is 0 Å². The van der Waals surface area contributed by atoms with Crippen molar-refractivity contribution in [1.29, 1.82) is 0 Å². The van der Waals surface area contributed by atoms with Crippen molar-refractivity contribution in [1.82, 2.24) is 0 Å². The molecule has 4 saturated carbocycles. The van der Waals surface area contributed by atoms with Gasteiger partial charge in [0, 0.05) is 0 Å². The smallest absolute Gasteiger partial charge is 0.0354 e. The van der Waals surface area contributed by atoms with E-state index < -0.39 is 0 Å². The molecule has 0 bridgehead atoms. The molecule has 0 saturated heterocycles. The Morgan fingerprint density at radius 3 is 0.821 bits per heavy atom. The van der Waals surface area contributed by atoms with Crippen LogP contribution in [0.2, 0.25) is 0 Å². The lowest BCUT2D eigenvalue weighted by Crippen LogP contribution is -2.04. The first-order chi connectivity index (χ1) is 17.7. The van der Waals surface area contributed by atoms with Gasteiger partial charge in [0.25, 0.3) is 0 Å². The average molecular weight is 553 g/mol. The molecule has 0 nitrogen and oxygen atoms in total. The Morgan fingerprint density at radius 2 is 0.769 bits per heavy atom. The van der Waals surface area contributed by atoms with Crippen molar-refractivity contribution < 1.29 is 0 Å². The molecule has 4 fully saturated rings. The van der Waals surface area contributed by atoms with E-state index >= 15 is 0 Å². The molecule has 0 aliphatic heterocycles.